The second-order valence-electron chi connectivity index (χ2n) is 5.19. The Balaban J connectivity index is 2.21. The molecule has 7 nitrogen and oxygen atoms in total. The molecule has 1 heterocycles. The van der Waals surface area contributed by atoms with E-state index in [1.165, 1.54) is 6.92 Å². The van der Waals surface area contributed by atoms with E-state index < -0.39 is 5.97 Å². The van der Waals surface area contributed by atoms with Crippen LogP contribution in [-0.4, -0.2) is 68.0 Å². The fourth-order valence-electron chi connectivity index (χ4n) is 2.09. The molecule has 20 heavy (non-hydrogen) atoms. The zero-order valence-electron chi connectivity index (χ0n) is 12.3. The van der Waals surface area contributed by atoms with Crippen molar-refractivity contribution >= 4 is 17.9 Å². The van der Waals surface area contributed by atoms with Crippen LogP contribution in [0.1, 0.15) is 19.8 Å². The van der Waals surface area contributed by atoms with Crippen LogP contribution in [0.4, 0.5) is 4.79 Å². The molecule has 1 N–H and O–H groups in total. The van der Waals surface area contributed by atoms with Gasteiger partial charge in [0.25, 0.3) is 5.91 Å². The predicted molar refractivity (Wildman–Crippen MR) is 73.0 cm³/mol. The SMILES string of the molecule is CC(=O)OCC(=O)NCC1CCN(C(=O)N(C)C)CC1. The maximum Gasteiger partial charge on any atom is 0.319 e. The number of carbonyl (C=O) groups excluding carboxylic acids is 3. The second-order valence-corrected chi connectivity index (χ2v) is 5.19. The van der Waals surface area contributed by atoms with Crippen molar-refractivity contribution in [3.8, 4) is 0 Å². The number of nitrogens with one attached hydrogen (secondary N) is 1. The zero-order valence-corrected chi connectivity index (χ0v) is 12.3. The third kappa shape index (κ3) is 5.46. The summed E-state index contributed by atoms with van der Waals surface area (Å²) in [6.45, 7) is 3.02. The Hall–Kier alpha value is -1.79. The quantitative estimate of drug-likeness (QED) is 0.741. The summed E-state index contributed by atoms with van der Waals surface area (Å²) in [7, 11) is 3.48. The molecule has 3 amide bonds. The first-order valence-corrected chi connectivity index (χ1v) is 6.76. The fraction of sp³-hybridized carbons (Fsp3) is 0.769. The van der Waals surface area contributed by atoms with Crippen LogP contribution in [0, 0.1) is 5.92 Å². The lowest BCUT2D eigenvalue weighted by Crippen LogP contribution is -2.45. The summed E-state index contributed by atoms with van der Waals surface area (Å²) in [4.78, 5) is 37.1. The summed E-state index contributed by atoms with van der Waals surface area (Å²) in [5.41, 5.74) is 0. The highest BCUT2D eigenvalue weighted by molar-refractivity contribution is 5.79. The van der Waals surface area contributed by atoms with E-state index in [1.807, 2.05) is 4.90 Å². The van der Waals surface area contributed by atoms with Gasteiger partial charge in [-0.3, -0.25) is 9.59 Å². The number of ether oxygens (including phenoxy) is 1. The Labute approximate surface area is 119 Å². The number of urea groups is 1. The number of likely N-dealkylation sites (tertiary alicyclic amines) is 1. The molecule has 0 aromatic rings. The monoisotopic (exact) mass is 285 g/mol. The van der Waals surface area contributed by atoms with Gasteiger partial charge in [0.05, 0.1) is 0 Å². The molecule has 0 saturated carbocycles. The molecule has 0 radical (unpaired) electrons. The Morgan fingerprint density at radius 2 is 1.85 bits per heavy atom. The van der Waals surface area contributed by atoms with Crippen molar-refractivity contribution < 1.29 is 19.1 Å². The molecule has 1 saturated heterocycles. The lowest BCUT2D eigenvalue weighted by atomic mass is 9.97. The van der Waals surface area contributed by atoms with E-state index in [-0.39, 0.29) is 18.5 Å². The van der Waals surface area contributed by atoms with Crippen LogP contribution in [0.25, 0.3) is 0 Å². The number of piperidine rings is 1. The third-order valence-electron chi connectivity index (χ3n) is 3.26. The first-order chi connectivity index (χ1) is 9.40. The van der Waals surface area contributed by atoms with Crippen LogP contribution in [-0.2, 0) is 14.3 Å². The van der Waals surface area contributed by atoms with Gasteiger partial charge in [0.1, 0.15) is 0 Å². The molecule has 0 aromatic heterocycles. The van der Waals surface area contributed by atoms with Crippen molar-refractivity contribution in [1.29, 1.82) is 0 Å². The van der Waals surface area contributed by atoms with Crippen LogP contribution in [0.2, 0.25) is 0 Å². The standard InChI is InChI=1S/C13H23N3O4/c1-10(17)20-9-12(18)14-8-11-4-6-16(7-5-11)13(19)15(2)3/h11H,4-9H2,1-3H3,(H,14,18). The Morgan fingerprint density at radius 1 is 1.25 bits per heavy atom. The second kappa shape index (κ2) is 7.72. The van der Waals surface area contributed by atoms with E-state index in [0.717, 1.165) is 12.8 Å². The summed E-state index contributed by atoms with van der Waals surface area (Å²) < 4.78 is 4.61. The molecule has 1 aliphatic heterocycles. The first kappa shape index (κ1) is 16.3. The highest BCUT2D eigenvalue weighted by Crippen LogP contribution is 2.17. The number of hydrogen-bond donors (Lipinski definition) is 1. The van der Waals surface area contributed by atoms with E-state index in [4.69, 9.17) is 0 Å². The van der Waals surface area contributed by atoms with E-state index in [1.54, 1.807) is 19.0 Å². The largest absolute Gasteiger partial charge is 0.456 e. The molecule has 114 valence electrons. The smallest absolute Gasteiger partial charge is 0.319 e. The average molecular weight is 285 g/mol. The molecule has 0 atom stereocenters. The first-order valence-electron chi connectivity index (χ1n) is 6.76. The van der Waals surface area contributed by atoms with Crippen LogP contribution in [0.15, 0.2) is 0 Å². The van der Waals surface area contributed by atoms with Gasteiger partial charge >= 0.3 is 12.0 Å². The van der Waals surface area contributed by atoms with Crippen LogP contribution < -0.4 is 5.32 Å². The Kier molecular flexibility index (Phi) is 6.27. The Bertz CT molecular complexity index is 363. The fourth-order valence-corrected chi connectivity index (χ4v) is 2.09. The average Bonchev–Trinajstić information content (AvgIpc) is 2.42. The molecule has 1 rings (SSSR count). The van der Waals surface area contributed by atoms with Crippen LogP contribution in [0.5, 0.6) is 0 Å². The molecule has 0 unspecified atom stereocenters. The van der Waals surface area contributed by atoms with Crippen molar-refractivity contribution in [3.63, 3.8) is 0 Å². The van der Waals surface area contributed by atoms with Gasteiger partial charge < -0.3 is 19.9 Å². The lowest BCUT2D eigenvalue weighted by molar-refractivity contribution is -0.146. The van der Waals surface area contributed by atoms with Gasteiger partial charge in [-0.1, -0.05) is 0 Å². The summed E-state index contributed by atoms with van der Waals surface area (Å²) in [6, 6.07) is 0.0299. The summed E-state index contributed by atoms with van der Waals surface area (Å²) in [6.07, 6.45) is 1.74. The predicted octanol–water partition coefficient (Wildman–Crippen LogP) is 0.0593. The number of nitrogens with zero attached hydrogens (tertiary/aromatic N) is 2. The molecule has 7 heteroatoms. The third-order valence-corrected chi connectivity index (χ3v) is 3.26. The molecule has 0 bridgehead atoms. The molecular formula is C13H23N3O4. The van der Waals surface area contributed by atoms with E-state index in [0.29, 0.717) is 25.6 Å². The summed E-state index contributed by atoms with van der Waals surface area (Å²) in [5.74, 6) is -0.384. The number of hydrogen-bond acceptors (Lipinski definition) is 4. The lowest BCUT2D eigenvalue weighted by Gasteiger charge is -2.33. The van der Waals surface area contributed by atoms with Crippen molar-refractivity contribution in [2.75, 3.05) is 40.3 Å². The molecule has 1 fully saturated rings. The molecule has 0 aromatic carbocycles. The number of amides is 3. The van der Waals surface area contributed by atoms with Crippen molar-refractivity contribution in [3.05, 3.63) is 0 Å². The molecule has 0 aliphatic carbocycles. The van der Waals surface area contributed by atoms with E-state index in [9.17, 15) is 14.4 Å². The van der Waals surface area contributed by atoms with Crippen molar-refractivity contribution in [2.24, 2.45) is 5.92 Å². The minimum Gasteiger partial charge on any atom is -0.456 e. The molecule has 1 aliphatic rings. The van der Waals surface area contributed by atoms with Gasteiger partial charge in [-0.05, 0) is 18.8 Å². The van der Waals surface area contributed by atoms with Crippen molar-refractivity contribution in [1.82, 2.24) is 15.1 Å². The van der Waals surface area contributed by atoms with Gasteiger partial charge in [0.15, 0.2) is 6.61 Å². The molecular weight excluding hydrogens is 262 g/mol. The minimum atomic E-state index is -0.462. The van der Waals surface area contributed by atoms with Gasteiger partial charge in [0.2, 0.25) is 0 Å². The van der Waals surface area contributed by atoms with Gasteiger partial charge in [-0.25, -0.2) is 4.79 Å². The Morgan fingerprint density at radius 3 is 2.35 bits per heavy atom. The van der Waals surface area contributed by atoms with Gasteiger partial charge in [0, 0.05) is 40.7 Å². The topological polar surface area (TPSA) is 79.0 Å². The number of carbonyl (C=O) groups is 3. The van der Waals surface area contributed by atoms with Crippen LogP contribution >= 0.6 is 0 Å². The normalized spacial score (nSPS) is 15.7. The maximum atomic E-state index is 11.8. The van der Waals surface area contributed by atoms with Crippen molar-refractivity contribution in [2.45, 2.75) is 19.8 Å². The number of rotatable bonds is 4. The maximum absolute atomic E-state index is 11.8. The highest BCUT2D eigenvalue weighted by atomic mass is 16.5. The number of esters is 1. The van der Waals surface area contributed by atoms with E-state index in [2.05, 4.69) is 10.1 Å². The van der Waals surface area contributed by atoms with E-state index >= 15 is 0 Å². The van der Waals surface area contributed by atoms with Crippen LogP contribution in [0.3, 0.4) is 0 Å². The zero-order chi connectivity index (χ0) is 15.1. The summed E-state index contributed by atoms with van der Waals surface area (Å²) >= 11 is 0. The molecule has 0 spiro atoms. The summed E-state index contributed by atoms with van der Waals surface area (Å²) in [5, 5.41) is 2.74. The van der Waals surface area contributed by atoms with Gasteiger partial charge in [-0.2, -0.15) is 0 Å². The minimum absolute atomic E-state index is 0.0299. The van der Waals surface area contributed by atoms with Gasteiger partial charge in [-0.15, -0.1) is 0 Å². The highest BCUT2D eigenvalue weighted by Gasteiger charge is 2.23.